The van der Waals surface area contributed by atoms with Crippen LogP contribution in [-0.2, 0) is 11.4 Å². The van der Waals surface area contributed by atoms with E-state index in [2.05, 4.69) is 34.4 Å². The van der Waals surface area contributed by atoms with Gasteiger partial charge in [-0.2, -0.15) is 4.98 Å². The number of oxime groups is 1. The molecular formula is C23H15Cl2N3O2. The fraction of sp³-hybridized carbons (Fsp3) is 0.0435. The molecule has 2 heterocycles. The molecule has 30 heavy (non-hydrogen) atoms. The molecule has 2 aromatic heterocycles. The van der Waals surface area contributed by atoms with Gasteiger partial charge >= 0.3 is 5.84 Å². The second-order valence-electron chi connectivity index (χ2n) is 6.71. The molecule has 0 fully saturated rings. The first-order valence-electron chi connectivity index (χ1n) is 9.23. The van der Waals surface area contributed by atoms with Crippen LogP contribution in [0, 0.1) is 0 Å². The van der Waals surface area contributed by atoms with E-state index < -0.39 is 0 Å². The monoisotopic (exact) mass is 435 g/mol. The number of hydrogen-bond acceptors (Lipinski definition) is 4. The van der Waals surface area contributed by atoms with Gasteiger partial charge in [0.15, 0.2) is 0 Å². The van der Waals surface area contributed by atoms with Gasteiger partial charge in [0.05, 0.1) is 11.9 Å². The zero-order chi connectivity index (χ0) is 20.5. The Morgan fingerprint density at radius 2 is 1.90 bits per heavy atom. The van der Waals surface area contributed by atoms with E-state index in [0.29, 0.717) is 15.9 Å². The largest absolute Gasteiger partial charge is 0.432 e. The Balaban J connectivity index is 1.46. The lowest BCUT2D eigenvalue weighted by atomic mass is 10.0. The van der Waals surface area contributed by atoms with Crippen molar-refractivity contribution < 1.29 is 9.25 Å². The maximum Gasteiger partial charge on any atom is 0.306 e. The van der Waals surface area contributed by atoms with E-state index in [4.69, 9.17) is 32.5 Å². The van der Waals surface area contributed by atoms with Crippen molar-refractivity contribution in [2.24, 2.45) is 5.16 Å². The van der Waals surface area contributed by atoms with Crippen LogP contribution in [0.25, 0.3) is 27.9 Å². The summed E-state index contributed by atoms with van der Waals surface area (Å²) in [7, 11) is 0. The molecule has 0 aliphatic rings. The molecule has 0 atom stereocenters. The topological polar surface area (TPSA) is 52.0 Å². The van der Waals surface area contributed by atoms with Crippen LogP contribution in [0.2, 0.25) is 10.0 Å². The molecule has 0 bridgehead atoms. The summed E-state index contributed by atoms with van der Waals surface area (Å²) in [5, 5.41) is 7.55. The smallest absolute Gasteiger partial charge is 0.306 e. The molecule has 5 rings (SSSR count). The summed E-state index contributed by atoms with van der Waals surface area (Å²) in [6, 6.07) is 19.7. The second kappa shape index (κ2) is 7.86. The number of aromatic nitrogens is 2. The minimum atomic E-state index is 0.227. The Bertz CT molecular complexity index is 1390. The van der Waals surface area contributed by atoms with E-state index in [1.807, 2.05) is 28.7 Å². The molecule has 3 aromatic carbocycles. The van der Waals surface area contributed by atoms with Gasteiger partial charge < -0.3 is 9.25 Å². The van der Waals surface area contributed by atoms with Crippen LogP contribution in [0.1, 0.15) is 11.3 Å². The van der Waals surface area contributed by atoms with E-state index in [1.165, 1.54) is 5.39 Å². The van der Waals surface area contributed by atoms with Crippen molar-refractivity contribution >= 4 is 46.0 Å². The summed E-state index contributed by atoms with van der Waals surface area (Å²) < 4.78 is 7.30. The van der Waals surface area contributed by atoms with Crippen molar-refractivity contribution in [2.45, 2.75) is 6.61 Å². The minimum Gasteiger partial charge on any atom is -0.432 e. The van der Waals surface area contributed by atoms with Gasteiger partial charge in [-0.1, -0.05) is 70.8 Å². The van der Waals surface area contributed by atoms with Gasteiger partial charge in [0, 0.05) is 27.4 Å². The summed E-state index contributed by atoms with van der Waals surface area (Å²) in [6.45, 7) is 0.227. The molecule has 148 valence electrons. The van der Waals surface area contributed by atoms with Crippen molar-refractivity contribution in [2.75, 3.05) is 0 Å². The van der Waals surface area contributed by atoms with Crippen LogP contribution in [0.15, 0.2) is 82.7 Å². The van der Waals surface area contributed by atoms with Crippen molar-refractivity contribution in [1.82, 2.24) is 9.38 Å². The van der Waals surface area contributed by atoms with E-state index in [9.17, 15) is 0 Å². The fourth-order valence-corrected chi connectivity index (χ4v) is 3.77. The number of imidazole rings is 1. The zero-order valence-corrected chi connectivity index (χ0v) is 17.1. The van der Waals surface area contributed by atoms with Gasteiger partial charge in [0.2, 0.25) is 0 Å². The standard InChI is InChI=1S/C23H15Cl2N3O2/c24-19-8-7-18(20(25)12-19)14-30-26-13-21-22(27-23-28(21)9-10-29-23)17-6-5-15-3-1-2-4-16(15)11-17/h1-13H,14H2/b26-13+. The summed E-state index contributed by atoms with van der Waals surface area (Å²) >= 11 is 12.1. The van der Waals surface area contributed by atoms with Gasteiger partial charge in [-0.15, -0.1) is 0 Å². The number of benzene rings is 3. The predicted octanol–water partition coefficient (Wildman–Crippen LogP) is 6.61. The Kier molecular flexibility index (Phi) is 4.91. The van der Waals surface area contributed by atoms with Crippen LogP contribution >= 0.6 is 23.2 Å². The SMILES string of the molecule is Clc1ccc(CO/N=C/c2c(-c3ccc4ccccc4c3)nc3occn23)c(Cl)c1. The Labute approximate surface area is 182 Å². The van der Waals surface area contributed by atoms with Gasteiger partial charge in [-0.05, 0) is 29.0 Å². The first-order chi connectivity index (χ1) is 14.7. The highest BCUT2D eigenvalue weighted by Gasteiger charge is 2.15. The van der Waals surface area contributed by atoms with Gasteiger partial charge in [-0.3, -0.25) is 4.40 Å². The molecule has 5 aromatic rings. The Hall–Kier alpha value is -3.28. The first kappa shape index (κ1) is 18.7. The number of nitrogens with zero attached hydrogens (tertiary/aromatic N) is 3. The molecule has 7 heteroatoms. The average molecular weight is 436 g/mol. The Morgan fingerprint density at radius 3 is 2.77 bits per heavy atom. The van der Waals surface area contributed by atoms with Gasteiger partial charge in [-0.25, -0.2) is 0 Å². The number of halogens is 2. The van der Waals surface area contributed by atoms with Crippen molar-refractivity contribution in [1.29, 1.82) is 0 Å². The normalized spacial score (nSPS) is 11.7. The lowest BCUT2D eigenvalue weighted by Crippen LogP contribution is -1.94. The van der Waals surface area contributed by atoms with Crippen LogP contribution in [0.4, 0.5) is 0 Å². The molecule has 0 radical (unpaired) electrons. The lowest BCUT2D eigenvalue weighted by molar-refractivity contribution is 0.132. The third-order valence-corrected chi connectivity index (χ3v) is 5.39. The summed E-state index contributed by atoms with van der Waals surface area (Å²) in [5.74, 6) is 0.486. The number of oxazole rings is 1. The first-order valence-corrected chi connectivity index (χ1v) is 9.98. The van der Waals surface area contributed by atoms with E-state index >= 15 is 0 Å². The van der Waals surface area contributed by atoms with Crippen molar-refractivity contribution in [3.63, 3.8) is 0 Å². The molecule has 0 amide bonds. The molecule has 0 saturated heterocycles. The number of rotatable bonds is 5. The predicted molar refractivity (Wildman–Crippen MR) is 119 cm³/mol. The highest BCUT2D eigenvalue weighted by atomic mass is 35.5. The number of hydrogen-bond donors (Lipinski definition) is 0. The third-order valence-electron chi connectivity index (χ3n) is 4.81. The van der Waals surface area contributed by atoms with E-state index in [0.717, 1.165) is 27.9 Å². The number of fused-ring (bicyclic) bond motifs is 2. The second-order valence-corrected chi connectivity index (χ2v) is 7.55. The van der Waals surface area contributed by atoms with Gasteiger partial charge in [0.1, 0.15) is 18.6 Å². The van der Waals surface area contributed by atoms with Crippen LogP contribution in [-0.4, -0.2) is 15.6 Å². The third kappa shape index (κ3) is 3.54. The Morgan fingerprint density at radius 1 is 1.03 bits per heavy atom. The van der Waals surface area contributed by atoms with Gasteiger partial charge in [0.25, 0.3) is 0 Å². The maximum atomic E-state index is 6.18. The molecule has 0 saturated carbocycles. The molecule has 0 unspecified atom stereocenters. The highest BCUT2D eigenvalue weighted by molar-refractivity contribution is 6.35. The molecular weight excluding hydrogens is 421 g/mol. The molecule has 0 aliphatic heterocycles. The van der Waals surface area contributed by atoms with Crippen LogP contribution in [0.5, 0.6) is 0 Å². The molecule has 0 aliphatic carbocycles. The average Bonchev–Trinajstić information content (AvgIpc) is 3.34. The van der Waals surface area contributed by atoms with E-state index in [1.54, 1.807) is 30.8 Å². The summed E-state index contributed by atoms with van der Waals surface area (Å²) in [6.07, 6.45) is 5.01. The van der Waals surface area contributed by atoms with Crippen LogP contribution in [0.3, 0.4) is 0 Å². The van der Waals surface area contributed by atoms with E-state index in [-0.39, 0.29) is 6.61 Å². The summed E-state index contributed by atoms with van der Waals surface area (Å²) in [4.78, 5) is 10.1. The summed E-state index contributed by atoms with van der Waals surface area (Å²) in [5.41, 5.74) is 3.29. The molecule has 0 N–H and O–H groups in total. The minimum absolute atomic E-state index is 0.227. The zero-order valence-electron chi connectivity index (χ0n) is 15.6. The lowest BCUT2D eigenvalue weighted by Gasteiger charge is -2.04. The van der Waals surface area contributed by atoms with Crippen molar-refractivity contribution in [3.05, 3.63) is 94.4 Å². The molecule has 0 spiro atoms. The molecule has 5 nitrogen and oxygen atoms in total. The maximum absolute atomic E-state index is 6.18. The fourth-order valence-electron chi connectivity index (χ4n) is 3.31. The van der Waals surface area contributed by atoms with Crippen LogP contribution < -0.4 is 0 Å². The quantitative estimate of drug-likeness (QED) is 0.230. The van der Waals surface area contributed by atoms with Crippen molar-refractivity contribution in [3.8, 4) is 11.3 Å². The highest BCUT2D eigenvalue weighted by Crippen LogP contribution is 2.27.